The van der Waals surface area contributed by atoms with Crippen molar-refractivity contribution in [1.29, 1.82) is 0 Å². The van der Waals surface area contributed by atoms with Crippen molar-refractivity contribution < 1.29 is 5.11 Å². The van der Waals surface area contributed by atoms with Gasteiger partial charge in [0, 0.05) is 25.2 Å². The number of hydrogen-bond donors (Lipinski definition) is 2. The lowest BCUT2D eigenvalue weighted by atomic mass is 9.99. The largest absolute Gasteiger partial charge is 0.396 e. The van der Waals surface area contributed by atoms with Crippen LogP contribution in [0.4, 0.5) is 0 Å². The van der Waals surface area contributed by atoms with Crippen LogP contribution in [0.2, 0.25) is 0 Å². The average Bonchev–Trinajstić information content (AvgIpc) is 2.26. The first kappa shape index (κ1) is 13.9. The molecule has 1 saturated heterocycles. The first-order chi connectivity index (χ1) is 7.65. The Bertz CT molecular complexity index is 181. The molecular formula is C13H28N2O. The number of piperidine rings is 1. The molecule has 0 aliphatic carbocycles. The SMILES string of the molecule is CC(C)C(CCO)NCC1CCCCN1C. The van der Waals surface area contributed by atoms with Gasteiger partial charge in [-0.15, -0.1) is 0 Å². The van der Waals surface area contributed by atoms with Gasteiger partial charge in [-0.05, 0) is 38.8 Å². The summed E-state index contributed by atoms with van der Waals surface area (Å²) < 4.78 is 0. The Hall–Kier alpha value is -0.120. The van der Waals surface area contributed by atoms with Gasteiger partial charge in [0.1, 0.15) is 0 Å². The van der Waals surface area contributed by atoms with Gasteiger partial charge in [-0.3, -0.25) is 0 Å². The number of likely N-dealkylation sites (N-methyl/N-ethyl adjacent to an activating group) is 1. The number of likely N-dealkylation sites (tertiary alicyclic amines) is 1. The standard InChI is InChI=1S/C13H28N2O/c1-11(2)13(7-9-16)14-10-12-6-4-5-8-15(12)3/h11-14,16H,4-10H2,1-3H3. The summed E-state index contributed by atoms with van der Waals surface area (Å²) in [5, 5.41) is 12.6. The van der Waals surface area contributed by atoms with Crippen molar-refractivity contribution in [3.63, 3.8) is 0 Å². The number of hydrogen-bond acceptors (Lipinski definition) is 3. The maximum atomic E-state index is 9.02. The third-order valence-electron chi connectivity index (χ3n) is 3.78. The van der Waals surface area contributed by atoms with Gasteiger partial charge in [0.2, 0.25) is 0 Å². The quantitative estimate of drug-likeness (QED) is 0.722. The van der Waals surface area contributed by atoms with E-state index in [0.717, 1.165) is 13.0 Å². The molecule has 3 nitrogen and oxygen atoms in total. The molecule has 1 heterocycles. The average molecular weight is 228 g/mol. The lowest BCUT2D eigenvalue weighted by Crippen LogP contribution is -2.47. The smallest absolute Gasteiger partial charge is 0.0445 e. The molecule has 2 N–H and O–H groups in total. The van der Waals surface area contributed by atoms with E-state index in [9.17, 15) is 0 Å². The van der Waals surface area contributed by atoms with Gasteiger partial charge in [0.25, 0.3) is 0 Å². The number of aliphatic hydroxyl groups excluding tert-OH is 1. The Morgan fingerprint density at radius 2 is 2.12 bits per heavy atom. The second-order valence-corrected chi connectivity index (χ2v) is 5.40. The highest BCUT2D eigenvalue weighted by atomic mass is 16.3. The van der Waals surface area contributed by atoms with Gasteiger partial charge in [-0.25, -0.2) is 0 Å². The minimum absolute atomic E-state index is 0.288. The molecule has 0 saturated carbocycles. The Kier molecular flexibility index (Phi) is 6.32. The maximum Gasteiger partial charge on any atom is 0.0445 e. The summed E-state index contributed by atoms with van der Waals surface area (Å²) in [6.45, 7) is 7.03. The Balaban J connectivity index is 2.29. The molecule has 1 fully saturated rings. The molecule has 0 amide bonds. The second-order valence-electron chi connectivity index (χ2n) is 5.40. The first-order valence-corrected chi connectivity index (χ1v) is 6.69. The van der Waals surface area contributed by atoms with E-state index in [-0.39, 0.29) is 6.61 Å². The molecule has 0 aromatic rings. The number of aliphatic hydroxyl groups is 1. The maximum absolute atomic E-state index is 9.02. The Labute approximate surface area is 100 Å². The molecule has 0 aromatic heterocycles. The highest BCUT2D eigenvalue weighted by Gasteiger charge is 2.20. The van der Waals surface area contributed by atoms with Gasteiger partial charge in [0.15, 0.2) is 0 Å². The van der Waals surface area contributed by atoms with Crippen LogP contribution in [0.5, 0.6) is 0 Å². The van der Waals surface area contributed by atoms with Crippen LogP contribution in [-0.2, 0) is 0 Å². The highest BCUT2D eigenvalue weighted by molar-refractivity contribution is 4.79. The lowest BCUT2D eigenvalue weighted by molar-refractivity contribution is 0.168. The molecular weight excluding hydrogens is 200 g/mol. The number of rotatable bonds is 6. The Morgan fingerprint density at radius 1 is 1.38 bits per heavy atom. The fourth-order valence-electron chi connectivity index (χ4n) is 2.50. The van der Waals surface area contributed by atoms with Crippen LogP contribution >= 0.6 is 0 Å². The van der Waals surface area contributed by atoms with E-state index in [2.05, 4.69) is 31.1 Å². The molecule has 0 spiro atoms. The van der Waals surface area contributed by atoms with Crippen molar-refractivity contribution >= 4 is 0 Å². The summed E-state index contributed by atoms with van der Waals surface area (Å²) in [6.07, 6.45) is 4.89. The van der Waals surface area contributed by atoms with Crippen molar-refractivity contribution in [2.24, 2.45) is 5.92 Å². The van der Waals surface area contributed by atoms with E-state index in [4.69, 9.17) is 5.11 Å². The zero-order chi connectivity index (χ0) is 12.0. The third kappa shape index (κ3) is 4.40. The van der Waals surface area contributed by atoms with Gasteiger partial charge in [0.05, 0.1) is 0 Å². The molecule has 0 radical (unpaired) electrons. The van der Waals surface area contributed by atoms with Crippen LogP contribution in [0.25, 0.3) is 0 Å². The summed E-state index contributed by atoms with van der Waals surface area (Å²) >= 11 is 0. The third-order valence-corrected chi connectivity index (χ3v) is 3.78. The van der Waals surface area contributed by atoms with E-state index in [1.807, 2.05) is 0 Å². The van der Waals surface area contributed by atoms with Crippen LogP contribution in [0.1, 0.15) is 39.5 Å². The zero-order valence-electron chi connectivity index (χ0n) is 11.1. The van der Waals surface area contributed by atoms with E-state index in [0.29, 0.717) is 18.0 Å². The number of nitrogens with one attached hydrogen (secondary N) is 1. The molecule has 1 aliphatic heterocycles. The molecule has 3 heteroatoms. The predicted octanol–water partition coefficient (Wildman–Crippen LogP) is 1.47. The van der Waals surface area contributed by atoms with Crippen molar-refractivity contribution in [1.82, 2.24) is 10.2 Å². The molecule has 96 valence electrons. The fourth-order valence-corrected chi connectivity index (χ4v) is 2.50. The van der Waals surface area contributed by atoms with Crippen LogP contribution in [0.3, 0.4) is 0 Å². The van der Waals surface area contributed by atoms with Gasteiger partial charge < -0.3 is 15.3 Å². The van der Waals surface area contributed by atoms with Crippen LogP contribution in [0, 0.1) is 5.92 Å². The summed E-state index contributed by atoms with van der Waals surface area (Å²) in [5.74, 6) is 0.598. The minimum atomic E-state index is 0.288. The molecule has 2 atom stereocenters. The first-order valence-electron chi connectivity index (χ1n) is 6.69. The molecule has 16 heavy (non-hydrogen) atoms. The van der Waals surface area contributed by atoms with Crippen LogP contribution in [-0.4, -0.2) is 48.8 Å². The van der Waals surface area contributed by atoms with Gasteiger partial charge in [-0.1, -0.05) is 20.3 Å². The summed E-state index contributed by atoms with van der Waals surface area (Å²) in [5.41, 5.74) is 0. The van der Waals surface area contributed by atoms with Crippen molar-refractivity contribution in [2.45, 2.75) is 51.6 Å². The molecule has 2 unspecified atom stereocenters. The van der Waals surface area contributed by atoms with E-state index < -0.39 is 0 Å². The van der Waals surface area contributed by atoms with E-state index >= 15 is 0 Å². The molecule has 1 aliphatic rings. The number of nitrogens with zero attached hydrogens (tertiary/aromatic N) is 1. The van der Waals surface area contributed by atoms with Gasteiger partial charge >= 0.3 is 0 Å². The molecule has 1 rings (SSSR count). The highest BCUT2D eigenvalue weighted by Crippen LogP contribution is 2.15. The lowest BCUT2D eigenvalue weighted by Gasteiger charge is -2.34. The minimum Gasteiger partial charge on any atom is -0.396 e. The van der Waals surface area contributed by atoms with Crippen molar-refractivity contribution in [2.75, 3.05) is 26.7 Å². The van der Waals surface area contributed by atoms with E-state index in [1.165, 1.54) is 25.8 Å². The molecule has 0 aromatic carbocycles. The summed E-state index contributed by atoms with van der Waals surface area (Å²) in [6, 6.07) is 1.15. The van der Waals surface area contributed by atoms with Crippen molar-refractivity contribution in [3.8, 4) is 0 Å². The monoisotopic (exact) mass is 228 g/mol. The normalized spacial score (nSPS) is 24.9. The second kappa shape index (κ2) is 7.25. The van der Waals surface area contributed by atoms with E-state index in [1.54, 1.807) is 0 Å². The van der Waals surface area contributed by atoms with Crippen molar-refractivity contribution in [3.05, 3.63) is 0 Å². The fraction of sp³-hybridized carbons (Fsp3) is 1.00. The van der Waals surface area contributed by atoms with Gasteiger partial charge in [-0.2, -0.15) is 0 Å². The topological polar surface area (TPSA) is 35.5 Å². The predicted molar refractivity (Wildman–Crippen MR) is 68.6 cm³/mol. The van der Waals surface area contributed by atoms with Crippen LogP contribution < -0.4 is 5.32 Å². The summed E-state index contributed by atoms with van der Waals surface area (Å²) in [7, 11) is 2.22. The Morgan fingerprint density at radius 3 is 2.69 bits per heavy atom. The summed E-state index contributed by atoms with van der Waals surface area (Å²) in [4.78, 5) is 2.47. The zero-order valence-corrected chi connectivity index (χ0v) is 11.1. The molecule has 0 bridgehead atoms. The van der Waals surface area contributed by atoms with Crippen LogP contribution in [0.15, 0.2) is 0 Å².